The van der Waals surface area contributed by atoms with Crippen LogP contribution in [0.2, 0.25) is 0 Å². The van der Waals surface area contributed by atoms with Gasteiger partial charge < -0.3 is 14.8 Å². The molecule has 2 amide bonds. The second-order valence-electron chi connectivity index (χ2n) is 7.18. The van der Waals surface area contributed by atoms with Crippen molar-refractivity contribution in [3.63, 3.8) is 0 Å². The lowest BCUT2D eigenvalue weighted by Gasteiger charge is -2.22. The van der Waals surface area contributed by atoms with Crippen LogP contribution >= 0.6 is 0 Å². The summed E-state index contributed by atoms with van der Waals surface area (Å²) < 4.78 is 2.00. The molecule has 2 aromatic rings. The highest BCUT2D eigenvalue weighted by Gasteiger charge is 2.17. The molecule has 6 nitrogen and oxygen atoms in total. The molecule has 1 heterocycles. The minimum absolute atomic E-state index is 0.0332. The summed E-state index contributed by atoms with van der Waals surface area (Å²) in [6.07, 6.45) is 2.50. The quantitative estimate of drug-likeness (QED) is 0.697. The van der Waals surface area contributed by atoms with Crippen LogP contribution in [0.15, 0.2) is 24.3 Å². The van der Waals surface area contributed by atoms with Crippen LogP contribution < -0.4 is 5.32 Å². The summed E-state index contributed by atoms with van der Waals surface area (Å²) in [6.45, 7) is 10.3. The number of rotatable bonds is 10. The van der Waals surface area contributed by atoms with Crippen molar-refractivity contribution in [3.05, 3.63) is 30.1 Å². The van der Waals surface area contributed by atoms with Crippen molar-refractivity contribution < 1.29 is 9.59 Å². The number of para-hydroxylation sites is 2. The summed E-state index contributed by atoms with van der Waals surface area (Å²) in [6, 6.07) is 7.87. The number of benzene rings is 1. The number of hydrogen-bond donors (Lipinski definition) is 1. The zero-order valence-corrected chi connectivity index (χ0v) is 17.0. The first kappa shape index (κ1) is 20.9. The SMILES string of the molecule is CCCN(CCC)C(=O)Cn1c(CCNC(=O)C(C)C)nc2ccccc21. The van der Waals surface area contributed by atoms with Gasteiger partial charge in [-0.3, -0.25) is 9.59 Å². The molecular weight excluding hydrogens is 340 g/mol. The maximum Gasteiger partial charge on any atom is 0.242 e. The van der Waals surface area contributed by atoms with Crippen LogP contribution in [0.4, 0.5) is 0 Å². The van der Waals surface area contributed by atoms with E-state index in [1.165, 1.54) is 0 Å². The molecule has 1 aromatic carbocycles. The molecule has 1 N–H and O–H groups in total. The minimum Gasteiger partial charge on any atom is -0.355 e. The summed E-state index contributed by atoms with van der Waals surface area (Å²) >= 11 is 0. The number of carbonyl (C=O) groups is 2. The number of aromatic nitrogens is 2. The van der Waals surface area contributed by atoms with Crippen LogP contribution in [0.1, 0.15) is 46.4 Å². The van der Waals surface area contributed by atoms with Crippen molar-refractivity contribution in [2.24, 2.45) is 5.92 Å². The molecule has 0 aliphatic rings. The van der Waals surface area contributed by atoms with E-state index in [4.69, 9.17) is 4.98 Å². The molecule has 0 saturated heterocycles. The van der Waals surface area contributed by atoms with Crippen molar-refractivity contribution >= 4 is 22.8 Å². The Morgan fingerprint density at radius 2 is 1.81 bits per heavy atom. The van der Waals surface area contributed by atoms with E-state index in [1.54, 1.807) is 0 Å². The van der Waals surface area contributed by atoms with E-state index < -0.39 is 0 Å². The van der Waals surface area contributed by atoms with Crippen molar-refractivity contribution in [3.8, 4) is 0 Å². The van der Waals surface area contributed by atoms with Gasteiger partial charge in [-0.15, -0.1) is 0 Å². The highest BCUT2D eigenvalue weighted by Crippen LogP contribution is 2.17. The van der Waals surface area contributed by atoms with Gasteiger partial charge in [0, 0.05) is 32.0 Å². The molecule has 27 heavy (non-hydrogen) atoms. The number of fused-ring (bicyclic) bond motifs is 1. The first-order valence-corrected chi connectivity index (χ1v) is 9.97. The molecule has 2 rings (SSSR count). The Hall–Kier alpha value is -2.37. The third-order valence-electron chi connectivity index (χ3n) is 4.54. The summed E-state index contributed by atoms with van der Waals surface area (Å²) in [5.74, 6) is 0.948. The Morgan fingerprint density at radius 3 is 2.44 bits per heavy atom. The molecule has 0 saturated carbocycles. The molecule has 148 valence electrons. The third-order valence-corrected chi connectivity index (χ3v) is 4.54. The molecule has 0 fully saturated rings. The van der Waals surface area contributed by atoms with Gasteiger partial charge in [0.15, 0.2) is 0 Å². The second-order valence-corrected chi connectivity index (χ2v) is 7.18. The number of nitrogens with one attached hydrogen (secondary N) is 1. The van der Waals surface area contributed by atoms with Crippen molar-refractivity contribution in [1.29, 1.82) is 0 Å². The van der Waals surface area contributed by atoms with Crippen LogP contribution in [0, 0.1) is 5.92 Å². The molecule has 0 atom stereocenters. The Balaban J connectivity index is 2.20. The van der Waals surface area contributed by atoms with Crippen LogP contribution in [-0.2, 0) is 22.6 Å². The van der Waals surface area contributed by atoms with Crippen molar-refractivity contribution in [1.82, 2.24) is 19.8 Å². The predicted molar refractivity (Wildman–Crippen MR) is 108 cm³/mol. The highest BCUT2D eigenvalue weighted by atomic mass is 16.2. The van der Waals surface area contributed by atoms with E-state index >= 15 is 0 Å². The summed E-state index contributed by atoms with van der Waals surface area (Å²) in [7, 11) is 0. The van der Waals surface area contributed by atoms with E-state index in [9.17, 15) is 9.59 Å². The fraction of sp³-hybridized carbons (Fsp3) is 0.571. The molecule has 6 heteroatoms. The van der Waals surface area contributed by atoms with Gasteiger partial charge in [-0.25, -0.2) is 4.98 Å². The number of imidazole rings is 1. The molecular formula is C21H32N4O2. The van der Waals surface area contributed by atoms with Gasteiger partial charge in [-0.2, -0.15) is 0 Å². The molecule has 0 bridgehead atoms. The third kappa shape index (κ3) is 5.55. The standard InChI is InChI=1S/C21H32N4O2/c1-5-13-24(14-6-2)20(26)15-25-18-10-8-7-9-17(18)23-19(25)11-12-22-21(27)16(3)4/h7-10,16H,5-6,11-15H2,1-4H3,(H,22,27). The average Bonchev–Trinajstić information content (AvgIpc) is 2.99. The van der Waals surface area contributed by atoms with E-state index in [-0.39, 0.29) is 24.3 Å². The van der Waals surface area contributed by atoms with Gasteiger partial charge in [0.25, 0.3) is 0 Å². The maximum absolute atomic E-state index is 12.9. The minimum atomic E-state index is -0.0398. The largest absolute Gasteiger partial charge is 0.355 e. The molecule has 0 unspecified atom stereocenters. The van der Waals surface area contributed by atoms with Crippen LogP contribution in [0.3, 0.4) is 0 Å². The van der Waals surface area contributed by atoms with E-state index in [2.05, 4.69) is 19.2 Å². The zero-order valence-electron chi connectivity index (χ0n) is 17.0. The predicted octanol–water partition coefficient (Wildman–Crippen LogP) is 3.00. The summed E-state index contributed by atoms with van der Waals surface area (Å²) in [5.41, 5.74) is 1.84. The lowest BCUT2D eigenvalue weighted by atomic mass is 10.2. The van der Waals surface area contributed by atoms with Crippen LogP contribution in [0.25, 0.3) is 11.0 Å². The lowest BCUT2D eigenvalue weighted by Crippen LogP contribution is -2.35. The van der Waals surface area contributed by atoms with Gasteiger partial charge in [-0.1, -0.05) is 39.8 Å². The molecule has 0 aliphatic heterocycles. The number of hydrogen-bond acceptors (Lipinski definition) is 3. The van der Waals surface area contributed by atoms with Crippen LogP contribution in [-0.4, -0.2) is 45.9 Å². The van der Waals surface area contributed by atoms with Gasteiger partial charge in [0.1, 0.15) is 12.4 Å². The fourth-order valence-corrected chi connectivity index (χ4v) is 3.13. The monoisotopic (exact) mass is 372 g/mol. The Kier molecular flexibility index (Phi) is 7.82. The normalized spacial score (nSPS) is 11.1. The smallest absolute Gasteiger partial charge is 0.242 e. The highest BCUT2D eigenvalue weighted by molar-refractivity contribution is 5.81. The van der Waals surface area contributed by atoms with Crippen molar-refractivity contribution in [2.45, 2.75) is 53.5 Å². The second kappa shape index (κ2) is 10.1. The zero-order chi connectivity index (χ0) is 19.8. The number of amides is 2. The average molecular weight is 373 g/mol. The first-order chi connectivity index (χ1) is 13.0. The van der Waals surface area contributed by atoms with E-state index in [0.29, 0.717) is 13.0 Å². The Bertz CT molecular complexity index is 761. The topological polar surface area (TPSA) is 67.2 Å². The molecule has 0 spiro atoms. The van der Waals surface area contributed by atoms with Gasteiger partial charge in [0.2, 0.25) is 11.8 Å². The number of nitrogens with zero attached hydrogens (tertiary/aromatic N) is 3. The van der Waals surface area contributed by atoms with E-state index in [0.717, 1.165) is 42.8 Å². The maximum atomic E-state index is 12.9. The fourth-order valence-electron chi connectivity index (χ4n) is 3.13. The van der Waals surface area contributed by atoms with Gasteiger partial charge in [0.05, 0.1) is 11.0 Å². The van der Waals surface area contributed by atoms with Gasteiger partial charge in [-0.05, 0) is 25.0 Å². The van der Waals surface area contributed by atoms with Crippen LogP contribution in [0.5, 0.6) is 0 Å². The summed E-state index contributed by atoms with van der Waals surface area (Å²) in [5, 5.41) is 2.93. The van der Waals surface area contributed by atoms with E-state index in [1.807, 2.05) is 47.6 Å². The first-order valence-electron chi connectivity index (χ1n) is 9.97. The Morgan fingerprint density at radius 1 is 1.15 bits per heavy atom. The van der Waals surface area contributed by atoms with Crippen molar-refractivity contribution in [2.75, 3.05) is 19.6 Å². The van der Waals surface area contributed by atoms with Gasteiger partial charge >= 0.3 is 0 Å². The molecule has 0 radical (unpaired) electrons. The number of carbonyl (C=O) groups excluding carboxylic acids is 2. The summed E-state index contributed by atoms with van der Waals surface area (Å²) in [4.78, 5) is 31.3. The molecule has 0 aliphatic carbocycles. The Labute approximate surface area is 161 Å². The lowest BCUT2D eigenvalue weighted by molar-refractivity contribution is -0.132. The molecule has 1 aromatic heterocycles.